The molecule has 0 radical (unpaired) electrons. The minimum Gasteiger partial charge on any atom is -0.497 e. The van der Waals surface area contributed by atoms with Crippen LogP contribution in [-0.4, -0.2) is 48.8 Å². The molecule has 0 aliphatic rings. The van der Waals surface area contributed by atoms with Gasteiger partial charge in [0.15, 0.2) is 5.69 Å². The van der Waals surface area contributed by atoms with E-state index in [1.807, 2.05) is 20.8 Å². The molecule has 28 heavy (non-hydrogen) atoms. The molecule has 0 saturated carbocycles. The maximum Gasteiger partial charge on any atom is 0.357 e. The SMILES string of the molecule is COC(=O)c1csc(CN(C(=O)Nc2ccc(OC)cc2OC)C(C)(C)C)n1. The summed E-state index contributed by atoms with van der Waals surface area (Å²) in [6.45, 7) is 6.02. The lowest BCUT2D eigenvalue weighted by Crippen LogP contribution is -2.47. The van der Waals surface area contributed by atoms with Gasteiger partial charge in [0, 0.05) is 17.0 Å². The van der Waals surface area contributed by atoms with Gasteiger partial charge in [-0.2, -0.15) is 0 Å². The molecule has 1 heterocycles. The summed E-state index contributed by atoms with van der Waals surface area (Å²) in [5, 5.41) is 5.12. The van der Waals surface area contributed by atoms with Crippen molar-refractivity contribution >= 4 is 29.0 Å². The third-order valence-corrected chi connectivity index (χ3v) is 4.78. The van der Waals surface area contributed by atoms with Gasteiger partial charge in [0.05, 0.1) is 33.6 Å². The number of carbonyl (C=O) groups is 2. The van der Waals surface area contributed by atoms with E-state index in [1.165, 1.54) is 25.6 Å². The number of urea groups is 1. The number of aromatic nitrogens is 1. The van der Waals surface area contributed by atoms with E-state index in [0.29, 0.717) is 22.2 Å². The third-order valence-electron chi connectivity index (χ3n) is 3.94. The number of amides is 2. The van der Waals surface area contributed by atoms with Gasteiger partial charge in [-0.25, -0.2) is 14.6 Å². The molecule has 0 aliphatic heterocycles. The fourth-order valence-corrected chi connectivity index (χ4v) is 3.17. The Kier molecular flexibility index (Phi) is 6.85. The molecular formula is C19H25N3O5S. The fourth-order valence-electron chi connectivity index (χ4n) is 2.42. The second-order valence-electron chi connectivity index (χ2n) is 6.87. The Balaban J connectivity index is 2.23. The molecule has 0 fully saturated rings. The first-order valence-electron chi connectivity index (χ1n) is 8.53. The Morgan fingerprint density at radius 3 is 2.46 bits per heavy atom. The number of ether oxygens (including phenoxy) is 3. The topological polar surface area (TPSA) is 90.0 Å². The van der Waals surface area contributed by atoms with Crippen LogP contribution in [0.15, 0.2) is 23.6 Å². The molecule has 1 aromatic heterocycles. The van der Waals surface area contributed by atoms with E-state index in [1.54, 1.807) is 35.6 Å². The monoisotopic (exact) mass is 407 g/mol. The van der Waals surface area contributed by atoms with E-state index in [9.17, 15) is 9.59 Å². The van der Waals surface area contributed by atoms with Gasteiger partial charge in [-0.1, -0.05) is 0 Å². The standard InChI is InChI=1S/C19H25N3O5S/c1-19(2,3)22(10-16-20-14(11-28-16)17(23)27-6)18(24)21-13-8-7-12(25-4)9-15(13)26-5/h7-9,11H,10H2,1-6H3,(H,21,24). The first kappa shape index (κ1) is 21.5. The summed E-state index contributed by atoms with van der Waals surface area (Å²) >= 11 is 1.30. The zero-order chi connectivity index (χ0) is 20.9. The van der Waals surface area contributed by atoms with Crippen LogP contribution in [0.1, 0.15) is 36.3 Å². The Morgan fingerprint density at radius 2 is 1.89 bits per heavy atom. The van der Waals surface area contributed by atoms with E-state index in [0.717, 1.165) is 0 Å². The van der Waals surface area contributed by atoms with Crippen molar-refractivity contribution in [2.24, 2.45) is 0 Å². The summed E-state index contributed by atoms with van der Waals surface area (Å²) in [5.74, 6) is 0.613. The van der Waals surface area contributed by atoms with Crippen molar-refractivity contribution in [1.82, 2.24) is 9.88 Å². The highest BCUT2D eigenvalue weighted by atomic mass is 32.1. The number of anilines is 1. The number of hydrogen-bond acceptors (Lipinski definition) is 7. The van der Waals surface area contributed by atoms with Crippen LogP contribution in [0.5, 0.6) is 11.5 Å². The van der Waals surface area contributed by atoms with Gasteiger partial charge < -0.3 is 24.4 Å². The first-order chi connectivity index (χ1) is 13.2. The minimum absolute atomic E-state index is 0.230. The van der Waals surface area contributed by atoms with Crippen molar-refractivity contribution in [3.05, 3.63) is 34.3 Å². The molecule has 2 aromatic rings. The fraction of sp³-hybridized carbons (Fsp3) is 0.421. The summed E-state index contributed by atoms with van der Waals surface area (Å²) in [5.41, 5.74) is 0.270. The molecule has 152 valence electrons. The number of nitrogens with one attached hydrogen (secondary N) is 1. The lowest BCUT2D eigenvalue weighted by Gasteiger charge is -2.35. The smallest absolute Gasteiger partial charge is 0.357 e. The third kappa shape index (κ3) is 5.13. The van der Waals surface area contributed by atoms with Gasteiger partial charge in [-0.15, -0.1) is 11.3 Å². The summed E-state index contributed by atoms with van der Waals surface area (Å²) in [7, 11) is 4.39. The molecule has 0 saturated heterocycles. The quantitative estimate of drug-likeness (QED) is 0.733. The Labute approximate surface area is 168 Å². The van der Waals surface area contributed by atoms with E-state index in [4.69, 9.17) is 9.47 Å². The van der Waals surface area contributed by atoms with E-state index >= 15 is 0 Å². The summed E-state index contributed by atoms with van der Waals surface area (Å²) < 4.78 is 15.2. The molecule has 2 amide bonds. The molecule has 0 spiro atoms. The maximum atomic E-state index is 13.0. The zero-order valence-electron chi connectivity index (χ0n) is 16.9. The lowest BCUT2D eigenvalue weighted by molar-refractivity contribution is 0.0594. The van der Waals surface area contributed by atoms with Crippen LogP contribution < -0.4 is 14.8 Å². The number of benzene rings is 1. The average molecular weight is 407 g/mol. The second-order valence-corrected chi connectivity index (χ2v) is 7.81. The Hall–Kier alpha value is -2.81. The molecule has 0 bridgehead atoms. The second kappa shape index (κ2) is 8.92. The van der Waals surface area contributed by atoms with Gasteiger partial charge in [0.1, 0.15) is 16.5 Å². The van der Waals surface area contributed by atoms with Crippen molar-refractivity contribution < 1.29 is 23.8 Å². The zero-order valence-corrected chi connectivity index (χ0v) is 17.7. The van der Waals surface area contributed by atoms with Gasteiger partial charge in [-0.05, 0) is 32.9 Å². The summed E-state index contributed by atoms with van der Waals surface area (Å²) in [6.07, 6.45) is 0. The van der Waals surface area contributed by atoms with Crippen molar-refractivity contribution in [1.29, 1.82) is 0 Å². The van der Waals surface area contributed by atoms with Crippen LogP contribution in [0, 0.1) is 0 Å². The Bertz CT molecular complexity index is 844. The molecular weight excluding hydrogens is 382 g/mol. The van der Waals surface area contributed by atoms with Gasteiger partial charge in [0.25, 0.3) is 0 Å². The molecule has 1 aromatic carbocycles. The number of esters is 1. The largest absolute Gasteiger partial charge is 0.497 e. The lowest BCUT2D eigenvalue weighted by atomic mass is 10.1. The van der Waals surface area contributed by atoms with Crippen LogP contribution in [0.3, 0.4) is 0 Å². The van der Waals surface area contributed by atoms with E-state index < -0.39 is 11.5 Å². The summed E-state index contributed by atoms with van der Waals surface area (Å²) in [4.78, 5) is 30.5. The molecule has 0 unspecified atom stereocenters. The maximum absolute atomic E-state index is 13.0. The number of carbonyl (C=O) groups excluding carboxylic acids is 2. The van der Waals surface area contributed by atoms with Gasteiger partial charge in [-0.3, -0.25) is 0 Å². The van der Waals surface area contributed by atoms with Crippen molar-refractivity contribution in [3.63, 3.8) is 0 Å². The van der Waals surface area contributed by atoms with E-state index in [-0.39, 0.29) is 18.3 Å². The number of methoxy groups -OCH3 is 3. The van der Waals surface area contributed by atoms with Crippen molar-refractivity contribution in [3.8, 4) is 11.5 Å². The highest BCUT2D eigenvalue weighted by Crippen LogP contribution is 2.30. The van der Waals surface area contributed by atoms with Crippen LogP contribution in [0.2, 0.25) is 0 Å². The highest BCUT2D eigenvalue weighted by Gasteiger charge is 2.28. The predicted octanol–water partition coefficient (Wildman–Crippen LogP) is 3.78. The summed E-state index contributed by atoms with van der Waals surface area (Å²) in [6, 6.07) is 4.84. The van der Waals surface area contributed by atoms with Gasteiger partial charge >= 0.3 is 12.0 Å². The highest BCUT2D eigenvalue weighted by molar-refractivity contribution is 7.09. The van der Waals surface area contributed by atoms with E-state index in [2.05, 4.69) is 15.0 Å². The van der Waals surface area contributed by atoms with Crippen molar-refractivity contribution in [2.45, 2.75) is 32.9 Å². The number of rotatable bonds is 6. The van der Waals surface area contributed by atoms with Crippen LogP contribution >= 0.6 is 11.3 Å². The van der Waals surface area contributed by atoms with Crippen molar-refractivity contribution in [2.75, 3.05) is 26.6 Å². The molecule has 9 heteroatoms. The molecule has 2 rings (SSSR count). The van der Waals surface area contributed by atoms with Crippen LogP contribution in [-0.2, 0) is 11.3 Å². The minimum atomic E-state index is -0.503. The molecule has 1 N–H and O–H groups in total. The molecule has 0 aliphatic carbocycles. The molecule has 8 nitrogen and oxygen atoms in total. The first-order valence-corrected chi connectivity index (χ1v) is 9.41. The predicted molar refractivity (Wildman–Crippen MR) is 107 cm³/mol. The number of thiazole rings is 1. The van der Waals surface area contributed by atoms with Crippen LogP contribution in [0.25, 0.3) is 0 Å². The average Bonchev–Trinajstić information content (AvgIpc) is 3.13. The normalized spacial score (nSPS) is 10.9. The number of nitrogens with zero attached hydrogens (tertiary/aromatic N) is 2. The molecule has 0 atom stereocenters. The van der Waals surface area contributed by atoms with Gasteiger partial charge in [0.2, 0.25) is 0 Å². The number of hydrogen-bond donors (Lipinski definition) is 1. The Morgan fingerprint density at radius 1 is 1.18 bits per heavy atom. The van der Waals surface area contributed by atoms with Crippen LogP contribution in [0.4, 0.5) is 10.5 Å².